The van der Waals surface area contributed by atoms with Crippen LogP contribution in [0.5, 0.6) is 0 Å². The van der Waals surface area contributed by atoms with Crippen molar-refractivity contribution >= 4 is 5.78 Å². The Balaban J connectivity index is 1.41. The first-order valence-corrected chi connectivity index (χ1v) is 11.6. The van der Waals surface area contributed by atoms with Gasteiger partial charge in [0.25, 0.3) is 0 Å². The molecule has 1 heterocycles. The molecule has 5 aliphatic carbocycles. The number of hydrogen-bond acceptors (Lipinski definition) is 3. The average molecular weight is 383 g/mol. The molecular formula is C25H34O3. The zero-order chi connectivity index (χ0) is 19.4. The summed E-state index contributed by atoms with van der Waals surface area (Å²) in [7, 11) is 0. The molecule has 3 nitrogen and oxygen atoms in total. The van der Waals surface area contributed by atoms with Gasteiger partial charge < -0.3 is 9.47 Å². The minimum Gasteiger partial charge on any atom is -0.341 e. The molecule has 3 heteroatoms. The number of rotatable bonds is 1. The van der Waals surface area contributed by atoms with Crippen LogP contribution in [-0.4, -0.2) is 24.8 Å². The highest BCUT2D eigenvalue weighted by Crippen LogP contribution is 2.82. The highest BCUT2D eigenvalue weighted by atomic mass is 16.7. The summed E-state index contributed by atoms with van der Waals surface area (Å²) in [6.07, 6.45) is 11.5. The molecule has 0 N–H and O–H groups in total. The molecule has 1 saturated heterocycles. The molecule has 6 rings (SSSR count). The van der Waals surface area contributed by atoms with Gasteiger partial charge in [0.05, 0.1) is 13.2 Å². The van der Waals surface area contributed by atoms with Gasteiger partial charge in [0.15, 0.2) is 5.78 Å². The van der Waals surface area contributed by atoms with Crippen LogP contribution in [0.25, 0.3) is 0 Å². The number of Topliss-reactive ketones (excluding diaryl/α,β-unsaturated/α-hetero) is 1. The fourth-order valence-electron chi connectivity index (χ4n) is 9.43. The highest BCUT2D eigenvalue weighted by molar-refractivity contribution is 5.90. The predicted molar refractivity (Wildman–Crippen MR) is 108 cm³/mol. The van der Waals surface area contributed by atoms with Gasteiger partial charge in [0.2, 0.25) is 5.79 Å². The van der Waals surface area contributed by atoms with Gasteiger partial charge in [-0.15, -0.1) is 0 Å². The van der Waals surface area contributed by atoms with Crippen LogP contribution in [0.3, 0.4) is 0 Å². The summed E-state index contributed by atoms with van der Waals surface area (Å²) in [5.74, 6) is 0.611. The molecule has 6 aliphatic rings. The van der Waals surface area contributed by atoms with Crippen LogP contribution >= 0.6 is 0 Å². The van der Waals surface area contributed by atoms with Crippen LogP contribution in [0.2, 0.25) is 0 Å². The summed E-state index contributed by atoms with van der Waals surface area (Å²) < 4.78 is 11.8. The Morgan fingerprint density at radius 2 is 1.89 bits per heavy atom. The molecule has 0 aromatic rings. The second kappa shape index (κ2) is 5.40. The van der Waals surface area contributed by atoms with Crippen LogP contribution in [0.4, 0.5) is 0 Å². The van der Waals surface area contributed by atoms with E-state index in [9.17, 15) is 4.79 Å². The Morgan fingerprint density at radius 3 is 2.61 bits per heavy atom. The summed E-state index contributed by atoms with van der Waals surface area (Å²) >= 11 is 0. The summed E-state index contributed by atoms with van der Waals surface area (Å²) in [6.45, 7) is 10.8. The van der Waals surface area contributed by atoms with Crippen LogP contribution in [-0.2, 0) is 14.3 Å². The molecule has 0 aromatic heterocycles. The molecule has 1 spiro atoms. The Kier molecular flexibility index (Phi) is 3.45. The molecule has 4 fully saturated rings. The van der Waals surface area contributed by atoms with Crippen LogP contribution in [0, 0.1) is 28.1 Å². The Morgan fingerprint density at radius 1 is 1.11 bits per heavy atom. The van der Waals surface area contributed by atoms with Gasteiger partial charge in [-0.25, -0.2) is 0 Å². The van der Waals surface area contributed by atoms with E-state index in [0.717, 1.165) is 12.3 Å². The van der Waals surface area contributed by atoms with E-state index in [1.807, 2.05) is 0 Å². The lowest BCUT2D eigenvalue weighted by atomic mass is 9.46. The number of carbonyl (C=O) groups excluding carboxylic acids is 1. The van der Waals surface area contributed by atoms with E-state index in [-0.39, 0.29) is 5.78 Å². The number of fused-ring (bicyclic) bond motifs is 2. The highest BCUT2D eigenvalue weighted by Gasteiger charge is 2.74. The lowest BCUT2D eigenvalue weighted by Crippen LogP contribution is -2.53. The van der Waals surface area contributed by atoms with Gasteiger partial charge in [-0.2, -0.15) is 0 Å². The first-order chi connectivity index (χ1) is 13.4. The van der Waals surface area contributed by atoms with Crippen LogP contribution in [0.1, 0.15) is 78.1 Å². The molecule has 2 bridgehead atoms. The van der Waals surface area contributed by atoms with E-state index >= 15 is 0 Å². The van der Waals surface area contributed by atoms with Crippen LogP contribution in [0.15, 0.2) is 23.3 Å². The molecule has 0 radical (unpaired) electrons. The van der Waals surface area contributed by atoms with Gasteiger partial charge >= 0.3 is 0 Å². The van der Waals surface area contributed by atoms with Crippen molar-refractivity contribution in [2.75, 3.05) is 13.2 Å². The second-order valence-corrected chi connectivity index (χ2v) is 10.8. The van der Waals surface area contributed by atoms with E-state index in [2.05, 4.69) is 20.4 Å². The lowest BCUT2D eigenvalue weighted by Gasteiger charge is -2.58. The second-order valence-electron chi connectivity index (χ2n) is 10.8. The average Bonchev–Trinajstić information content (AvgIpc) is 3.30. The third-order valence-corrected chi connectivity index (χ3v) is 10.7. The van der Waals surface area contributed by atoms with Crippen LogP contribution < -0.4 is 0 Å². The van der Waals surface area contributed by atoms with Gasteiger partial charge in [-0.3, -0.25) is 4.79 Å². The monoisotopic (exact) mass is 382 g/mol. The normalized spacial score (nSPS) is 48.8. The van der Waals surface area contributed by atoms with Gasteiger partial charge in [-0.1, -0.05) is 37.1 Å². The Hall–Kier alpha value is -0.930. The summed E-state index contributed by atoms with van der Waals surface area (Å²) in [6, 6.07) is 0. The number of carbonyl (C=O) groups is 1. The maximum Gasteiger partial charge on any atom is 0.233 e. The Labute approximate surface area is 168 Å². The summed E-state index contributed by atoms with van der Waals surface area (Å²) in [5.41, 5.74) is 5.80. The van der Waals surface area contributed by atoms with Gasteiger partial charge in [-0.05, 0) is 79.4 Å². The number of ether oxygens (including phenoxy) is 2. The van der Waals surface area contributed by atoms with Gasteiger partial charge in [0, 0.05) is 12.8 Å². The third kappa shape index (κ3) is 1.75. The number of ketones is 1. The zero-order valence-corrected chi connectivity index (χ0v) is 17.6. The molecule has 152 valence electrons. The van der Waals surface area contributed by atoms with E-state index in [4.69, 9.17) is 9.47 Å². The quantitative estimate of drug-likeness (QED) is 0.573. The molecule has 0 aromatic carbocycles. The minimum absolute atomic E-state index is 0.168. The molecule has 3 saturated carbocycles. The first-order valence-electron chi connectivity index (χ1n) is 11.6. The van der Waals surface area contributed by atoms with Crippen molar-refractivity contribution in [2.45, 2.75) is 83.8 Å². The fraction of sp³-hybridized carbons (Fsp3) is 0.800. The number of allylic oxidation sites excluding steroid dienone is 2. The predicted octanol–water partition coefficient (Wildman–Crippen LogP) is 5.35. The molecule has 1 unspecified atom stereocenters. The van der Waals surface area contributed by atoms with E-state index in [0.29, 0.717) is 48.2 Å². The maximum atomic E-state index is 12.8. The molecule has 5 atom stereocenters. The minimum atomic E-state index is -0.943. The van der Waals surface area contributed by atoms with E-state index < -0.39 is 5.79 Å². The van der Waals surface area contributed by atoms with Crippen molar-refractivity contribution in [1.82, 2.24) is 0 Å². The molecule has 28 heavy (non-hydrogen) atoms. The molecule has 0 amide bonds. The van der Waals surface area contributed by atoms with Crippen molar-refractivity contribution < 1.29 is 14.3 Å². The summed E-state index contributed by atoms with van der Waals surface area (Å²) in [5, 5.41) is 0. The van der Waals surface area contributed by atoms with E-state index in [1.54, 1.807) is 11.1 Å². The van der Waals surface area contributed by atoms with Gasteiger partial charge in [0.1, 0.15) is 0 Å². The largest absolute Gasteiger partial charge is 0.341 e. The topological polar surface area (TPSA) is 35.5 Å². The van der Waals surface area contributed by atoms with Crippen molar-refractivity contribution in [2.24, 2.45) is 28.1 Å². The van der Waals surface area contributed by atoms with Crippen molar-refractivity contribution in [3.05, 3.63) is 23.3 Å². The zero-order valence-electron chi connectivity index (χ0n) is 17.6. The molecular weight excluding hydrogens is 348 g/mol. The SMILES string of the molecule is C=C1CC23CC[C@@]1(CC)[C@@]2(C)CC[C@@H]1C2=C(CC[C@H]13)CC(=O)C1(C2)OCCO1. The van der Waals surface area contributed by atoms with E-state index in [1.165, 1.54) is 50.5 Å². The fourth-order valence-corrected chi connectivity index (χ4v) is 9.43. The summed E-state index contributed by atoms with van der Waals surface area (Å²) in [4.78, 5) is 12.8. The Bertz CT molecular complexity index is 803. The maximum absolute atomic E-state index is 12.8. The van der Waals surface area contributed by atoms with Crippen molar-refractivity contribution in [1.29, 1.82) is 0 Å². The first kappa shape index (κ1) is 17.9. The number of hydrogen-bond donors (Lipinski definition) is 0. The third-order valence-electron chi connectivity index (χ3n) is 10.7. The molecule has 1 aliphatic heterocycles. The van der Waals surface area contributed by atoms with Crippen molar-refractivity contribution in [3.63, 3.8) is 0 Å². The van der Waals surface area contributed by atoms with Crippen molar-refractivity contribution in [3.8, 4) is 0 Å². The lowest BCUT2D eigenvalue weighted by molar-refractivity contribution is -0.183. The smallest absolute Gasteiger partial charge is 0.233 e. The standard InChI is InChI=1S/C25H34O3/c1-4-23-9-10-24(14-16(23)2)20-6-5-17-13-21(26)25(27-11-12-28-25)15-19(17)18(20)7-8-22(23,24)3/h18,20H,2,4-15H2,1,3H3/t18-,20-,22-,23-,24?/m1/s1.